The van der Waals surface area contributed by atoms with Crippen molar-refractivity contribution in [1.29, 1.82) is 0 Å². The first-order valence-corrected chi connectivity index (χ1v) is 5.82. The van der Waals surface area contributed by atoms with Gasteiger partial charge in [-0.15, -0.1) is 12.3 Å². The molecule has 0 amide bonds. The van der Waals surface area contributed by atoms with Gasteiger partial charge < -0.3 is 4.74 Å². The van der Waals surface area contributed by atoms with Gasteiger partial charge in [-0.3, -0.25) is 11.3 Å². The van der Waals surface area contributed by atoms with Gasteiger partial charge in [0.15, 0.2) is 0 Å². The Kier molecular flexibility index (Phi) is 5.10. The van der Waals surface area contributed by atoms with Gasteiger partial charge in [-0.25, -0.2) is 0 Å². The number of terminal acetylenes is 1. The molecule has 1 aliphatic rings. The number of hydrazine groups is 1. The Morgan fingerprint density at radius 3 is 2.60 bits per heavy atom. The molecule has 0 aliphatic heterocycles. The van der Waals surface area contributed by atoms with Crippen LogP contribution < -0.4 is 11.3 Å². The quantitative estimate of drug-likeness (QED) is 0.411. The standard InChI is InChI=1S/C12H22N2O/c1-3-8-11(14-13)12(15-4-2)9-6-5-7-10-12/h1,11,14H,4-10,13H2,2H3. The van der Waals surface area contributed by atoms with Crippen LogP contribution in [0.3, 0.4) is 0 Å². The summed E-state index contributed by atoms with van der Waals surface area (Å²) >= 11 is 0. The van der Waals surface area contributed by atoms with Crippen LogP contribution >= 0.6 is 0 Å². The number of hydrogen-bond donors (Lipinski definition) is 2. The predicted octanol–water partition coefficient (Wildman–Crippen LogP) is 1.58. The van der Waals surface area contributed by atoms with Crippen LogP contribution in [0.1, 0.15) is 45.4 Å². The van der Waals surface area contributed by atoms with E-state index in [9.17, 15) is 0 Å². The van der Waals surface area contributed by atoms with E-state index in [1.54, 1.807) is 0 Å². The van der Waals surface area contributed by atoms with E-state index in [-0.39, 0.29) is 11.6 Å². The van der Waals surface area contributed by atoms with Crippen molar-refractivity contribution in [2.75, 3.05) is 6.61 Å². The van der Waals surface area contributed by atoms with Crippen LogP contribution in [0.25, 0.3) is 0 Å². The molecular weight excluding hydrogens is 188 g/mol. The maximum absolute atomic E-state index is 5.94. The van der Waals surface area contributed by atoms with Crippen LogP contribution in [0.15, 0.2) is 0 Å². The Bertz CT molecular complexity index is 211. The molecule has 1 unspecified atom stereocenters. The summed E-state index contributed by atoms with van der Waals surface area (Å²) in [5.41, 5.74) is 2.70. The maximum Gasteiger partial charge on any atom is 0.0857 e. The molecule has 1 saturated carbocycles. The summed E-state index contributed by atoms with van der Waals surface area (Å²) in [4.78, 5) is 0. The second-order valence-corrected chi connectivity index (χ2v) is 4.19. The topological polar surface area (TPSA) is 47.3 Å². The van der Waals surface area contributed by atoms with E-state index in [1.165, 1.54) is 19.3 Å². The molecule has 0 bridgehead atoms. The Morgan fingerprint density at radius 2 is 2.13 bits per heavy atom. The second kappa shape index (κ2) is 6.12. The van der Waals surface area contributed by atoms with Crippen molar-refractivity contribution in [3.63, 3.8) is 0 Å². The van der Waals surface area contributed by atoms with Crippen molar-refractivity contribution in [3.8, 4) is 12.3 Å². The highest BCUT2D eigenvalue weighted by molar-refractivity contribution is 5.01. The van der Waals surface area contributed by atoms with Gasteiger partial charge in [0.05, 0.1) is 11.6 Å². The summed E-state index contributed by atoms with van der Waals surface area (Å²) in [5.74, 6) is 8.26. The highest BCUT2D eigenvalue weighted by Gasteiger charge is 2.39. The first-order chi connectivity index (χ1) is 7.29. The Hall–Kier alpha value is -0.560. The minimum absolute atomic E-state index is 0.0859. The number of rotatable bonds is 5. The molecule has 0 aromatic heterocycles. The van der Waals surface area contributed by atoms with E-state index in [0.29, 0.717) is 6.42 Å². The Morgan fingerprint density at radius 1 is 1.47 bits per heavy atom. The highest BCUT2D eigenvalue weighted by Crippen LogP contribution is 2.35. The van der Waals surface area contributed by atoms with Gasteiger partial charge in [-0.05, 0) is 19.8 Å². The monoisotopic (exact) mass is 210 g/mol. The van der Waals surface area contributed by atoms with E-state index >= 15 is 0 Å². The zero-order chi connectivity index (χ0) is 11.1. The van der Waals surface area contributed by atoms with Crippen molar-refractivity contribution in [2.24, 2.45) is 5.84 Å². The summed E-state index contributed by atoms with van der Waals surface area (Å²) in [7, 11) is 0. The van der Waals surface area contributed by atoms with Gasteiger partial charge in [0, 0.05) is 13.0 Å². The Balaban J connectivity index is 2.72. The third-order valence-electron chi connectivity index (χ3n) is 3.29. The van der Waals surface area contributed by atoms with Gasteiger partial charge >= 0.3 is 0 Å². The highest BCUT2D eigenvalue weighted by atomic mass is 16.5. The molecular formula is C12H22N2O. The molecule has 1 fully saturated rings. The second-order valence-electron chi connectivity index (χ2n) is 4.19. The summed E-state index contributed by atoms with van der Waals surface area (Å²) in [6.45, 7) is 2.75. The average molecular weight is 210 g/mol. The molecule has 0 radical (unpaired) electrons. The van der Waals surface area contributed by atoms with Crippen molar-refractivity contribution in [1.82, 2.24) is 5.43 Å². The third kappa shape index (κ3) is 2.94. The van der Waals surface area contributed by atoms with Crippen LogP contribution in [-0.2, 0) is 4.74 Å². The summed E-state index contributed by atoms with van der Waals surface area (Å²) < 4.78 is 5.94. The van der Waals surface area contributed by atoms with Crippen molar-refractivity contribution >= 4 is 0 Å². The Labute approximate surface area is 92.7 Å². The molecule has 86 valence electrons. The summed E-state index contributed by atoms with van der Waals surface area (Å²) in [5, 5.41) is 0. The van der Waals surface area contributed by atoms with Crippen LogP contribution in [0, 0.1) is 12.3 Å². The molecule has 0 aromatic rings. The number of nitrogens with two attached hydrogens (primary N) is 1. The molecule has 15 heavy (non-hydrogen) atoms. The molecule has 0 heterocycles. The third-order valence-corrected chi connectivity index (χ3v) is 3.29. The van der Waals surface area contributed by atoms with Gasteiger partial charge in [0.25, 0.3) is 0 Å². The predicted molar refractivity (Wildman–Crippen MR) is 62.0 cm³/mol. The fourth-order valence-electron chi connectivity index (χ4n) is 2.55. The number of ether oxygens (including phenoxy) is 1. The SMILES string of the molecule is C#CCC(NN)C1(OCC)CCCCC1. The first-order valence-electron chi connectivity index (χ1n) is 5.82. The molecule has 0 aromatic carbocycles. The van der Waals surface area contributed by atoms with E-state index < -0.39 is 0 Å². The van der Waals surface area contributed by atoms with Gasteiger partial charge in [0.2, 0.25) is 0 Å². The van der Waals surface area contributed by atoms with Crippen LogP contribution in [0.4, 0.5) is 0 Å². The fourth-order valence-corrected chi connectivity index (χ4v) is 2.55. The van der Waals surface area contributed by atoms with Gasteiger partial charge in [0.1, 0.15) is 0 Å². The van der Waals surface area contributed by atoms with E-state index in [2.05, 4.69) is 11.3 Å². The normalized spacial score (nSPS) is 21.9. The first kappa shape index (κ1) is 12.5. The molecule has 3 nitrogen and oxygen atoms in total. The number of nitrogens with one attached hydrogen (secondary N) is 1. The molecule has 1 rings (SSSR count). The van der Waals surface area contributed by atoms with Crippen molar-refractivity contribution < 1.29 is 4.74 Å². The van der Waals surface area contributed by atoms with Crippen molar-refractivity contribution in [3.05, 3.63) is 0 Å². The maximum atomic E-state index is 5.94. The molecule has 0 spiro atoms. The number of hydrogen-bond acceptors (Lipinski definition) is 3. The van der Waals surface area contributed by atoms with Gasteiger partial charge in [-0.1, -0.05) is 19.3 Å². The zero-order valence-corrected chi connectivity index (χ0v) is 9.59. The molecule has 1 atom stereocenters. The fraction of sp³-hybridized carbons (Fsp3) is 0.833. The summed E-state index contributed by atoms with van der Waals surface area (Å²) in [6.07, 6.45) is 11.9. The zero-order valence-electron chi connectivity index (χ0n) is 9.59. The van der Waals surface area contributed by atoms with Crippen LogP contribution in [0.2, 0.25) is 0 Å². The largest absolute Gasteiger partial charge is 0.374 e. The van der Waals surface area contributed by atoms with Crippen molar-refractivity contribution in [2.45, 2.75) is 57.1 Å². The lowest BCUT2D eigenvalue weighted by atomic mass is 9.78. The lowest BCUT2D eigenvalue weighted by molar-refractivity contribution is -0.0888. The van der Waals surface area contributed by atoms with E-state index in [1.807, 2.05) is 6.92 Å². The smallest absolute Gasteiger partial charge is 0.0857 e. The molecule has 3 N–H and O–H groups in total. The van der Waals surface area contributed by atoms with E-state index in [4.69, 9.17) is 17.0 Å². The molecule has 0 saturated heterocycles. The minimum Gasteiger partial charge on any atom is -0.374 e. The average Bonchev–Trinajstić information content (AvgIpc) is 2.27. The minimum atomic E-state index is -0.131. The van der Waals surface area contributed by atoms with Gasteiger partial charge in [-0.2, -0.15) is 0 Å². The molecule has 3 heteroatoms. The van der Waals surface area contributed by atoms with Crippen LogP contribution in [0.5, 0.6) is 0 Å². The van der Waals surface area contributed by atoms with E-state index in [0.717, 1.165) is 19.4 Å². The lowest BCUT2D eigenvalue weighted by Crippen LogP contribution is -2.55. The molecule has 1 aliphatic carbocycles. The van der Waals surface area contributed by atoms with Crippen LogP contribution in [-0.4, -0.2) is 18.2 Å². The lowest BCUT2D eigenvalue weighted by Gasteiger charge is -2.42. The summed E-state index contributed by atoms with van der Waals surface area (Å²) in [6, 6.07) is 0.0859.